The molecule has 1 aliphatic carbocycles. The summed E-state index contributed by atoms with van der Waals surface area (Å²) >= 11 is 6.02. The number of methoxy groups -OCH3 is 1. The molecule has 0 saturated carbocycles. The van der Waals surface area contributed by atoms with E-state index in [0.717, 1.165) is 33.8 Å². The molecule has 1 atom stereocenters. The zero-order valence-corrected chi connectivity index (χ0v) is 16.6. The van der Waals surface area contributed by atoms with Crippen LogP contribution >= 0.6 is 11.6 Å². The molecule has 0 aliphatic heterocycles. The minimum absolute atomic E-state index is 0.0444. The molecule has 5 nitrogen and oxygen atoms in total. The van der Waals surface area contributed by atoms with Crippen LogP contribution in [0.1, 0.15) is 34.0 Å². The molecule has 2 aromatic carbocycles. The van der Waals surface area contributed by atoms with Crippen molar-refractivity contribution in [3.05, 3.63) is 82.8 Å². The maximum Gasteiger partial charge on any atom is 0.166 e. The van der Waals surface area contributed by atoms with Crippen LogP contribution in [0.25, 0.3) is 16.8 Å². The second-order valence-electron chi connectivity index (χ2n) is 7.20. The van der Waals surface area contributed by atoms with Gasteiger partial charge in [-0.3, -0.25) is 4.79 Å². The maximum atomic E-state index is 12.9. The largest absolute Gasteiger partial charge is 0.496 e. The molecule has 144 valence electrons. The quantitative estimate of drug-likeness (QED) is 0.484. The lowest BCUT2D eigenvalue weighted by molar-refractivity contribution is 0.0962. The average Bonchev–Trinajstić information content (AvgIpc) is 3.16. The number of ether oxygens (including phenoxy) is 1. The summed E-state index contributed by atoms with van der Waals surface area (Å²) < 4.78 is 7.19. The van der Waals surface area contributed by atoms with Crippen molar-refractivity contribution in [3.63, 3.8) is 0 Å². The number of nitrogens with zero attached hydrogens (tertiary/aromatic N) is 3. The number of carbonyl (C=O) groups excluding carboxylic acids is 1. The summed E-state index contributed by atoms with van der Waals surface area (Å²) in [6.45, 7) is 0. The molecule has 6 heteroatoms. The van der Waals surface area contributed by atoms with E-state index in [2.05, 4.69) is 5.10 Å². The van der Waals surface area contributed by atoms with Gasteiger partial charge in [-0.2, -0.15) is 5.10 Å². The normalized spacial score (nSPS) is 16.1. The maximum absolute atomic E-state index is 12.9. The van der Waals surface area contributed by atoms with E-state index in [1.807, 2.05) is 48.5 Å². The summed E-state index contributed by atoms with van der Waals surface area (Å²) in [6.07, 6.45) is 4.70. The fourth-order valence-electron chi connectivity index (χ4n) is 4.03. The summed E-state index contributed by atoms with van der Waals surface area (Å²) in [4.78, 5) is 17.8. The second kappa shape index (κ2) is 7.01. The van der Waals surface area contributed by atoms with Crippen LogP contribution < -0.4 is 4.74 Å². The Morgan fingerprint density at radius 3 is 2.66 bits per heavy atom. The highest BCUT2D eigenvalue weighted by molar-refractivity contribution is 6.30. The van der Waals surface area contributed by atoms with E-state index in [1.54, 1.807) is 24.0 Å². The van der Waals surface area contributed by atoms with Gasteiger partial charge in [-0.05, 0) is 35.7 Å². The van der Waals surface area contributed by atoms with Gasteiger partial charge in [-0.1, -0.05) is 41.9 Å². The Bertz CT molecular complexity index is 1230. The van der Waals surface area contributed by atoms with Gasteiger partial charge in [0.1, 0.15) is 5.75 Å². The van der Waals surface area contributed by atoms with Gasteiger partial charge >= 0.3 is 0 Å². The Balaban J connectivity index is 1.60. The number of aromatic nitrogens is 3. The van der Waals surface area contributed by atoms with Crippen molar-refractivity contribution < 1.29 is 9.53 Å². The fourth-order valence-corrected chi connectivity index (χ4v) is 4.16. The van der Waals surface area contributed by atoms with Gasteiger partial charge < -0.3 is 4.74 Å². The number of hydrogen-bond donors (Lipinski definition) is 0. The highest BCUT2D eigenvalue weighted by Gasteiger charge is 2.30. The van der Waals surface area contributed by atoms with E-state index in [0.29, 0.717) is 23.4 Å². The van der Waals surface area contributed by atoms with E-state index in [-0.39, 0.29) is 11.7 Å². The number of Topliss-reactive ketones (excluding diaryl/α,β-unsaturated/α-hetero) is 1. The molecule has 29 heavy (non-hydrogen) atoms. The first-order valence-corrected chi connectivity index (χ1v) is 9.81. The molecule has 2 aromatic heterocycles. The highest BCUT2D eigenvalue weighted by atomic mass is 35.5. The van der Waals surface area contributed by atoms with Crippen LogP contribution in [0, 0.1) is 0 Å². The SMILES string of the molecule is COc1ccccc1C1CC(=O)c2cn3ncc(-c4ccc(Cl)cc4)c3nc2C1. The van der Waals surface area contributed by atoms with E-state index in [9.17, 15) is 4.79 Å². The number of hydrogen-bond acceptors (Lipinski definition) is 4. The number of carbonyl (C=O) groups is 1. The number of benzene rings is 2. The molecule has 0 bridgehead atoms. The average molecular weight is 404 g/mol. The molecule has 1 aliphatic rings. The molecule has 4 aromatic rings. The summed E-state index contributed by atoms with van der Waals surface area (Å²) in [5, 5.41) is 5.09. The summed E-state index contributed by atoms with van der Waals surface area (Å²) in [7, 11) is 1.66. The van der Waals surface area contributed by atoms with Crippen molar-refractivity contribution in [2.75, 3.05) is 7.11 Å². The molecular weight excluding hydrogens is 386 g/mol. The van der Waals surface area contributed by atoms with Gasteiger partial charge in [0.15, 0.2) is 11.4 Å². The molecular formula is C23H18ClN3O2. The Morgan fingerprint density at radius 1 is 1.07 bits per heavy atom. The number of para-hydroxylation sites is 1. The Morgan fingerprint density at radius 2 is 1.86 bits per heavy atom. The van der Waals surface area contributed by atoms with Crippen molar-refractivity contribution in [3.8, 4) is 16.9 Å². The van der Waals surface area contributed by atoms with Crippen molar-refractivity contribution >= 4 is 23.0 Å². The molecule has 0 radical (unpaired) electrons. The van der Waals surface area contributed by atoms with Crippen LogP contribution in [0.4, 0.5) is 0 Å². The topological polar surface area (TPSA) is 56.5 Å². The molecule has 2 heterocycles. The number of rotatable bonds is 3. The number of ketones is 1. The summed E-state index contributed by atoms with van der Waals surface area (Å²) in [6, 6.07) is 15.5. The predicted molar refractivity (Wildman–Crippen MR) is 112 cm³/mol. The number of halogens is 1. The third kappa shape index (κ3) is 3.08. The summed E-state index contributed by atoms with van der Waals surface area (Å²) in [5.74, 6) is 0.934. The molecule has 0 spiro atoms. The van der Waals surface area contributed by atoms with Crippen LogP contribution in [0.5, 0.6) is 5.75 Å². The lowest BCUT2D eigenvalue weighted by atomic mass is 9.82. The van der Waals surface area contributed by atoms with E-state index in [4.69, 9.17) is 21.3 Å². The zero-order chi connectivity index (χ0) is 20.0. The van der Waals surface area contributed by atoms with E-state index >= 15 is 0 Å². The van der Waals surface area contributed by atoms with Crippen LogP contribution in [-0.4, -0.2) is 27.5 Å². The first-order chi connectivity index (χ1) is 14.1. The Labute approximate surface area is 172 Å². The molecule has 0 saturated heterocycles. The van der Waals surface area contributed by atoms with Crippen LogP contribution in [0.2, 0.25) is 5.02 Å². The van der Waals surface area contributed by atoms with Crippen LogP contribution in [-0.2, 0) is 6.42 Å². The second-order valence-corrected chi connectivity index (χ2v) is 7.64. The van der Waals surface area contributed by atoms with Crippen molar-refractivity contribution in [1.82, 2.24) is 14.6 Å². The first kappa shape index (κ1) is 17.9. The molecule has 0 N–H and O–H groups in total. The Kier molecular flexibility index (Phi) is 4.32. The molecule has 0 amide bonds. The van der Waals surface area contributed by atoms with Gasteiger partial charge in [0.2, 0.25) is 0 Å². The highest BCUT2D eigenvalue weighted by Crippen LogP contribution is 2.37. The van der Waals surface area contributed by atoms with Gasteiger partial charge in [0.05, 0.1) is 24.6 Å². The van der Waals surface area contributed by atoms with Gasteiger partial charge in [-0.15, -0.1) is 0 Å². The van der Waals surface area contributed by atoms with Gasteiger partial charge in [-0.25, -0.2) is 9.50 Å². The van der Waals surface area contributed by atoms with Crippen LogP contribution in [0.3, 0.4) is 0 Å². The lowest BCUT2D eigenvalue weighted by Crippen LogP contribution is -2.21. The van der Waals surface area contributed by atoms with Gasteiger partial charge in [0, 0.05) is 29.1 Å². The first-order valence-electron chi connectivity index (χ1n) is 9.43. The standard InChI is InChI=1S/C23H18ClN3O2/c1-29-22-5-3-2-4-17(22)15-10-20-19(21(28)11-15)13-27-23(26-20)18(12-25-27)14-6-8-16(24)9-7-14/h2-9,12-13,15H,10-11H2,1H3. The van der Waals surface area contributed by atoms with Crippen molar-refractivity contribution in [2.45, 2.75) is 18.8 Å². The predicted octanol–water partition coefficient (Wildman–Crippen LogP) is 4.97. The van der Waals surface area contributed by atoms with E-state index in [1.165, 1.54) is 0 Å². The third-order valence-electron chi connectivity index (χ3n) is 5.48. The lowest BCUT2D eigenvalue weighted by Gasteiger charge is -2.24. The molecule has 5 rings (SSSR count). The monoisotopic (exact) mass is 403 g/mol. The third-order valence-corrected chi connectivity index (χ3v) is 5.73. The molecule has 1 unspecified atom stereocenters. The summed E-state index contributed by atoms with van der Waals surface area (Å²) in [5.41, 5.74) is 5.13. The number of fused-ring (bicyclic) bond motifs is 2. The zero-order valence-electron chi connectivity index (χ0n) is 15.8. The van der Waals surface area contributed by atoms with Crippen LogP contribution in [0.15, 0.2) is 60.9 Å². The smallest absolute Gasteiger partial charge is 0.166 e. The van der Waals surface area contributed by atoms with Crippen molar-refractivity contribution in [2.24, 2.45) is 0 Å². The Hall–Kier alpha value is -3.18. The van der Waals surface area contributed by atoms with Gasteiger partial charge in [0.25, 0.3) is 0 Å². The minimum atomic E-state index is 0.0444. The van der Waals surface area contributed by atoms with E-state index < -0.39 is 0 Å². The fraction of sp³-hybridized carbons (Fsp3) is 0.174. The van der Waals surface area contributed by atoms with Crippen molar-refractivity contribution in [1.29, 1.82) is 0 Å². The molecule has 0 fully saturated rings. The minimum Gasteiger partial charge on any atom is -0.496 e.